The van der Waals surface area contributed by atoms with Gasteiger partial charge in [0, 0.05) is 25.7 Å². The van der Waals surface area contributed by atoms with E-state index < -0.39 is 0 Å². The molecule has 0 aromatic heterocycles. The van der Waals surface area contributed by atoms with Crippen LogP contribution >= 0.6 is 0 Å². The summed E-state index contributed by atoms with van der Waals surface area (Å²) in [6, 6.07) is 11.1. The molecule has 1 atom stereocenters. The monoisotopic (exact) mass is 292 g/mol. The van der Waals surface area contributed by atoms with E-state index in [-0.39, 0.29) is 5.41 Å². The quantitative estimate of drug-likeness (QED) is 0.669. The Morgan fingerprint density at radius 3 is 2.43 bits per heavy atom. The molecule has 0 saturated carbocycles. The van der Waals surface area contributed by atoms with Crippen LogP contribution in [0.4, 0.5) is 0 Å². The maximum absolute atomic E-state index is 5.45. The average molecular weight is 292 g/mol. The van der Waals surface area contributed by atoms with Crippen LogP contribution in [0.3, 0.4) is 0 Å². The van der Waals surface area contributed by atoms with Crippen LogP contribution in [0, 0.1) is 5.41 Å². The third kappa shape index (κ3) is 6.16. The molecule has 0 radical (unpaired) electrons. The van der Waals surface area contributed by atoms with Crippen LogP contribution < -0.4 is 5.32 Å². The SMILES string of the molecule is CCNC(c1ccccc1)C(C)(C)CN(C)CCOCC. The van der Waals surface area contributed by atoms with Crippen LogP contribution in [0.1, 0.15) is 39.3 Å². The van der Waals surface area contributed by atoms with E-state index in [1.54, 1.807) is 0 Å². The lowest BCUT2D eigenvalue weighted by atomic mass is 9.80. The smallest absolute Gasteiger partial charge is 0.0593 e. The minimum Gasteiger partial charge on any atom is -0.380 e. The Morgan fingerprint density at radius 2 is 1.86 bits per heavy atom. The van der Waals surface area contributed by atoms with Gasteiger partial charge in [-0.25, -0.2) is 0 Å². The highest BCUT2D eigenvalue weighted by molar-refractivity contribution is 5.21. The van der Waals surface area contributed by atoms with Crippen molar-refractivity contribution in [1.82, 2.24) is 10.2 Å². The van der Waals surface area contributed by atoms with Gasteiger partial charge in [-0.1, -0.05) is 51.1 Å². The van der Waals surface area contributed by atoms with Gasteiger partial charge in [0.25, 0.3) is 0 Å². The number of nitrogens with zero attached hydrogens (tertiary/aromatic N) is 1. The molecule has 21 heavy (non-hydrogen) atoms. The largest absolute Gasteiger partial charge is 0.380 e. The van der Waals surface area contributed by atoms with Gasteiger partial charge < -0.3 is 15.0 Å². The fraction of sp³-hybridized carbons (Fsp3) is 0.667. The Bertz CT molecular complexity index is 378. The van der Waals surface area contributed by atoms with E-state index in [9.17, 15) is 0 Å². The van der Waals surface area contributed by atoms with Crippen LogP contribution in [0.25, 0.3) is 0 Å². The number of benzene rings is 1. The van der Waals surface area contributed by atoms with Gasteiger partial charge >= 0.3 is 0 Å². The summed E-state index contributed by atoms with van der Waals surface area (Å²) in [4.78, 5) is 2.36. The van der Waals surface area contributed by atoms with Crippen LogP contribution in [0.15, 0.2) is 30.3 Å². The van der Waals surface area contributed by atoms with Gasteiger partial charge in [-0.05, 0) is 31.5 Å². The molecule has 0 fully saturated rings. The Morgan fingerprint density at radius 1 is 1.19 bits per heavy atom. The molecular formula is C18H32N2O. The maximum Gasteiger partial charge on any atom is 0.0593 e. The van der Waals surface area contributed by atoms with E-state index in [2.05, 4.69) is 68.4 Å². The molecule has 3 heteroatoms. The topological polar surface area (TPSA) is 24.5 Å². The van der Waals surface area contributed by atoms with Gasteiger partial charge in [0.2, 0.25) is 0 Å². The van der Waals surface area contributed by atoms with Crippen LogP contribution in [-0.2, 0) is 4.74 Å². The number of likely N-dealkylation sites (N-methyl/N-ethyl adjacent to an activating group) is 1. The number of ether oxygens (including phenoxy) is 1. The van der Waals surface area contributed by atoms with Crippen molar-refractivity contribution in [2.24, 2.45) is 5.41 Å². The summed E-state index contributed by atoms with van der Waals surface area (Å²) in [6.07, 6.45) is 0. The van der Waals surface area contributed by atoms with Crippen molar-refractivity contribution in [3.8, 4) is 0 Å². The summed E-state index contributed by atoms with van der Waals surface area (Å²) in [6.45, 7) is 13.5. The highest BCUT2D eigenvalue weighted by Gasteiger charge is 2.31. The van der Waals surface area contributed by atoms with Crippen LogP contribution in [0.2, 0.25) is 0 Å². The average Bonchev–Trinajstić information content (AvgIpc) is 2.45. The first-order valence-electron chi connectivity index (χ1n) is 8.06. The van der Waals surface area contributed by atoms with Crippen molar-refractivity contribution in [3.05, 3.63) is 35.9 Å². The van der Waals surface area contributed by atoms with E-state index in [4.69, 9.17) is 4.74 Å². The molecular weight excluding hydrogens is 260 g/mol. The second-order valence-electron chi connectivity index (χ2n) is 6.32. The van der Waals surface area contributed by atoms with E-state index >= 15 is 0 Å². The van der Waals surface area contributed by atoms with Gasteiger partial charge in [-0.3, -0.25) is 0 Å². The predicted molar refractivity (Wildman–Crippen MR) is 90.6 cm³/mol. The van der Waals surface area contributed by atoms with E-state index in [1.165, 1.54) is 5.56 Å². The molecule has 0 aliphatic rings. The molecule has 1 aromatic carbocycles. The van der Waals surface area contributed by atoms with Gasteiger partial charge in [0.15, 0.2) is 0 Å². The van der Waals surface area contributed by atoms with Crippen molar-refractivity contribution < 1.29 is 4.74 Å². The highest BCUT2D eigenvalue weighted by Crippen LogP contribution is 2.33. The lowest BCUT2D eigenvalue weighted by Crippen LogP contribution is -2.42. The number of hydrogen-bond donors (Lipinski definition) is 1. The fourth-order valence-electron chi connectivity index (χ4n) is 2.93. The molecule has 1 unspecified atom stereocenters. The third-order valence-corrected chi connectivity index (χ3v) is 3.82. The molecule has 0 amide bonds. The predicted octanol–water partition coefficient (Wildman–Crippen LogP) is 3.33. The lowest BCUT2D eigenvalue weighted by Gasteiger charge is -2.38. The van der Waals surface area contributed by atoms with Crippen LogP contribution in [0.5, 0.6) is 0 Å². The van der Waals surface area contributed by atoms with Crippen molar-refractivity contribution in [3.63, 3.8) is 0 Å². The minimum absolute atomic E-state index is 0.151. The first-order valence-corrected chi connectivity index (χ1v) is 8.06. The summed E-state index contributed by atoms with van der Waals surface area (Å²) in [5, 5.41) is 3.65. The Labute approximate surface area is 130 Å². The number of nitrogens with one attached hydrogen (secondary N) is 1. The zero-order chi connectivity index (χ0) is 15.7. The zero-order valence-electron chi connectivity index (χ0n) is 14.4. The lowest BCUT2D eigenvalue weighted by molar-refractivity contribution is 0.0964. The fourth-order valence-corrected chi connectivity index (χ4v) is 2.93. The van der Waals surface area contributed by atoms with Crippen molar-refractivity contribution in [1.29, 1.82) is 0 Å². The molecule has 0 heterocycles. The summed E-state index contributed by atoms with van der Waals surface area (Å²) in [7, 11) is 2.18. The highest BCUT2D eigenvalue weighted by atomic mass is 16.5. The second kappa shape index (κ2) is 9.19. The van der Waals surface area contributed by atoms with Gasteiger partial charge in [0.1, 0.15) is 0 Å². The van der Waals surface area contributed by atoms with Gasteiger partial charge in [-0.15, -0.1) is 0 Å². The molecule has 0 bridgehead atoms. The van der Waals surface area contributed by atoms with Crippen molar-refractivity contribution >= 4 is 0 Å². The molecule has 1 rings (SSSR count). The van der Waals surface area contributed by atoms with Crippen LogP contribution in [-0.4, -0.2) is 44.8 Å². The molecule has 3 nitrogen and oxygen atoms in total. The standard InChI is InChI=1S/C18H32N2O/c1-6-19-17(16-11-9-8-10-12-16)18(3,4)15-20(5)13-14-21-7-2/h8-12,17,19H,6-7,13-15H2,1-5H3. The normalized spacial score (nSPS) is 13.6. The van der Waals surface area contributed by atoms with E-state index in [1.807, 2.05) is 6.92 Å². The van der Waals surface area contributed by atoms with Crippen molar-refractivity contribution in [2.45, 2.75) is 33.7 Å². The summed E-state index contributed by atoms with van der Waals surface area (Å²) in [5.41, 5.74) is 1.51. The molecule has 0 aliphatic carbocycles. The first kappa shape index (κ1) is 18.1. The molecule has 0 aliphatic heterocycles. The number of hydrogen-bond acceptors (Lipinski definition) is 3. The van der Waals surface area contributed by atoms with Gasteiger partial charge in [-0.2, -0.15) is 0 Å². The molecule has 0 saturated heterocycles. The molecule has 1 aromatic rings. The third-order valence-electron chi connectivity index (χ3n) is 3.82. The van der Waals surface area contributed by atoms with E-state index in [0.29, 0.717) is 6.04 Å². The molecule has 120 valence electrons. The summed E-state index contributed by atoms with van der Waals surface area (Å²) < 4.78 is 5.45. The first-order chi connectivity index (χ1) is 10.0. The maximum atomic E-state index is 5.45. The zero-order valence-corrected chi connectivity index (χ0v) is 14.4. The minimum atomic E-state index is 0.151. The Hall–Kier alpha value is -0.900. The Balaban J connectivity index is 2.71. The summed E-state index contributed by atoms with van der Waals surface area (Å²) in [5.74, 6) is 0. The number of rotatable bonds is 10. The second-order valence-corrected chi connectivity index (χ2v) is 6.32. The molecule has 1 N–H and O–H groups in total. The Kier molecular flexibility index (Phi) is 7.94. The van der Waals surface area contributed by atoms with Crippen molar-refractivity contribution in [2.75, 3.05) is 39.9 Å². The summed E-state index contributed by atoms with van der Waals surface area (Å²) >= 11 is 0. The van der Waals surface area contributed by atoms with Gasteiger partial charge in [0.05, 0.1) is 6.61 Å². The molecule has 0 spiro atoms. The van der Waals surface area contributed by atoms with E-state index in [0.717, 1.165) is 32.8 Å².